The van der Waals surface area contributed by atoms with Gasteiger partial charge in [0.2, 0.25) is 0 Å². The summed E-state index contributed by atoms with van der Waals surface area (Å²) in [6, 6.07) is 10.5. The number of thiophene rings is 1. The lowest BCUT2D eigenvalue weighted by molar-refractivity contribution is 0.275. The molecule has 2 aromatic rings. The van der Waals surface area contributed by atoms with E-state index in [0.29, 0.717) is 0 Å². The Morgan fingerprint density at radius 1 is 1.07 bits per heavy atom. The Bertz CT molecular complexity index is 409. The van der Waals surface area contributed by atoms with E-state index in [-0.39, 0.29) is 0 Å². The third-order valence-electron chi connectivity index (χ3n) is 1.36. The third-order valence-corrected chi connectivity index (χ3v) is 2.26. The Balaban J connectivity index is 0.000000171. The summed E-state index contributed by atoms with van der Waals surface area (Å²) < 4.78 is 10.3. The smallest absolute Gasteiger partial charge is 0.303 e. The summed E-state index contributed by atoms with van der Waals surface area (Å²) in [5, 5.41) is 3.47. The summed E-state index contributed by atoms with van der Waals surface area (Å²) in [4.78, 5) is 21.6. The van der Waals surface area contributed by atoms with E-state index in [0.717, 1.165) is 0 Å². The van der Waals surface area contributed by atoms with E-state index in [9.17, 15) is 0 Å². The standard InChI is InChI=1S/C8H6S.H3O4P/c1-2-4-8-7(3-1)5-6-9-8;1-5(2,3)4/h1-6H;(H3,1,2,3,4). The molecule has 1 aromatic carbocycles. The van der Waals surface area contributed by atoms with Crippen LogP contribution < -0.4 is 0 Å². The third kappa shape index (κ3) is 4.50. The monoisotopic (exact) mass is 232 g/mol. The maximum atomic E-state index is 8.88. The van der Waals surface area contributed by atoms with Crippen molar-refractivity contribution >= 4 is 29.2 Å². The average Bonchev–Trinajstić information content (AvgIpc) is 2.47. The molecule has 0 aliphatic heterocycles. The Morgan fingerprint density at radius 2 is 1.64 bits per heavy atom. The van der Waals surface area contributed by atoms with Crippen molar-refractivity contribution in [2.75, 3.05) is 0 Å². The van der Waals surface area contributed by atoms with Gasteiger partial charge in [-0.05, 0) is 22.9 Å². The first-order valence-corrected chi connectivity index (χ1v) is 6.12. The van der Waals surface area contributed by atoms with Gasteiger partial charge in [-0.15, -0.1) is 11.3 Å². The lowest BCUT2D eigenvalue weighted by Gasteiger charge is -1.82. The van der Waals surface area contributed by atoms with Gasteiger partial charge in [-0.1, -0.05) is 18.2 Å². The number of hydrogen-bond donors (Lipinski definition) is 3. The highest BCUT2D eigenvalue weighted by atomic mass is 32.1. The van der Waals surface area contributed by atoms with Crippen LogP contribution in [0.4, 0.5) is 0 Å². The predicted molar refractivity (Wildman–Crippen MR) is 56.1 cm³/mol. The molecule has 0 atom stereocenters. The van der Waals surface area contributed by atoms with E-state index in [1.165, 1.54) is 10.1 Å². The number of fused-ring (bicyclic) bond motifs is 1. The molecule has 0 aliphatic carbocycles. The first-order valence-electron chi connectivity index (χ1n) is 3.67. The van der Waals surface area contributed by atoms with E-state index in [4.69, 9.17) is 19.2 Å². The van der Waals surface area contributed by atoms with Crippen LogP contribution in [-0.4, -0.2) is 14.7 Å². The van der Waals surface area contributed by atoms with E-state index in [1.807, 2.05) is 0 Å². The molecule has 0 bridgehead atoms. The molecule has 1 heterocycles. The lowest BCUT2D eigenvalue weighted by Crippen LogP contribution is -1.66. The molecule has 0 aliphatic rings. The largest absolute Gasteiger partial charge is 0.466 e. The fourth-order valence-corrected chi connectivity index (χ4v) is 1.70. The molecule has 0 unspecified atom stereocenters. The van der Waals surface area contributed by atoms with Crippen molar-refractivity contribution in [3.63, 3.8) is 0 Å². The van der Waals surface area contributed by atoms with Gasteiger partial charge in [0.1, 0.15) is 0 Å². The molecule has 2 rings (SSSR count). The number of benzene rings is 1. The van der Waals surface area contributed by atoms with Gasteiger partial charge in [0, 0.05) is 4.70 Å². The molecule has 0 saturated carbocycles. The van der Waals surface area contributed by atoms with Crippen LogP contribution in [0.15, 0.2) is 35.7 Å². The van der Waals surface area contributed by atoms with Crippen molar-refractivity contribution in [3.05, 3.63) is 35.7 Å². The van der Waals surface area contributed by atoms with Crippen LogP contribution in [0.25, 0.3) is 10.1 Å². The van der Waals surface area contributed by atoms with Gasteiger partial charge in [-0.3, -0.25) is 0 Å². The van der Waals surface area contributed by atoms with Crippen molar-refractivity contribution in [1.29, 1.82) is 0 Å². The average molecular weight is 232 g/mol. The molecule has 0 saturated heterocycles. The summed E-state index contributed by atoms with van der Waals surface area (Å²) >= 11 is 1.79. The second-order valence-electron chi connectivity index (χ2n) is 2.47. The number of hydrogen-bond acceptors (Lipinski definition) is 2. The van der Waals surface area contributed by atoms with Crippen LogP contribution in [-0.2, 0) is 4.57 Å². The van der Waals surface area contributed by atoms with Crippen LogP contribution in [0.3, 0.4) is 0 Å². The molecule has 1 aromatic heterocycles. The fourth-order valence-electron chi connectivity index (χ4n) is 0.906. The zero-order valence-electron chi connectivity index (χ0n) is 7.07. The molecule has 0 fully saturated rings. The van der Waals surface area contributed by atoms with Gasteiger partial charge in [-0.25, -0.2) is 4.57 Å². The quantitative estimate of drug-likeness (QED) is 0.607. The van der Waals surface area contributed by atoms with Crippen LogP contribution in [0.1, 0.15) is 0 Å². The number of phosphoric acid groups is 1. The summed E-state index contributed by atoms with van der Waals surface area (Å²) in [5.74, 6) is 0. The lowest BCUT2D eigenvalue weighted by atomic mass is 10.3. The van der Waals surface area contributed by atoms with Crippen molar-refractivity contribution < 1.29 is 19.2 Å². The minimum atomic E-state index is -4.64. The topological polar surface area (TPSA) is 77.8 Å². The van der Waals surface area contributed by atoms with Crippen molar-refractivity contribution in [2.45, 2.75) is 0 Å². The first-order chi connectivity index (χ1) is 6.47. The van der Waals surface area contributed by atoms with Crippen molar-refractivity contribution in [3.8, 4) is 0 Å². The SMILES string of the molecule is O=P(O)(O)O.c1ccc2sccc2c1. The van der Waals surface area contributed by atoms with Gasteiger partial charge >= 0.3 is 7.82 Å². The molecule has 76 valence electrons. The highest BCUT2D eigenvalue weighted by Crippen LogP contribution is 2.25. The second kappa shape index (κ2) is 4.68. The maximum absolute atomic E-state index is 8.88. The van der Waals surface area contributed by atoms with Gasteiger partial charge in [0.05, 0.1) is 0 Å². The summed E-state index contributed by atoms with van der Waals surface area (Å²) in [7, 11) is -4.64. The molecule has 0 spiro atoms. The van der Waals surface area contributed by atoms with E-state index >= 15 is 0 Å². The minimum absolute atomic E-state index is 1.35. The molecular formula is C8H9O4PS. The second-order valence-corrected chi connectivity index (χ2v) is 4.45. The van der Waals surface area contributed by atoms with Crippen LogP contribution in [0, 0.1) is 0 Å². The summed E-state index contributed by atoms with van der Waals surface area (Å²) in [5.41, 5.74) is 0. The fraction of sp³-hybridized carbons (Fsp3) is 0. The molecular weight excluding hydrogens is 223 g/mol. The molecule has 14 heavy (non-hydrogen) atoms. The minimum Gasteiger partial charge on any atom is -0.303 e. The zero-order chi connectivity index (χ0) is 10.6. The van der Waals surface area contributed by atoms with Gasteiger partial charge in [0.25, 0.3) is 0 Å². The first kappa shape index (κ1) is 11.4. The zero-order valence-corrected chi connectivity index (χ0v) is 8.78. The molecule has 0 radical (unpaired) electrons. The summed E-state index contributed by atoms with van der Waals surface area (Å²) in [6.45, 7) is 0. The molecule has 3 N–H and O–H groups in total. The van der Waals surface area contributed by atoms with E-state index in [1.54, 1.807) is 11.3 Å². The van der Waals surface area contributed by atoms with Crippen LogP contribution in [0.2, 0.25) is 0 Å². The molecule has 6 heteroatoms. The highest BCUT2D eigenvalue weighted by molar-refractivity contribution is 7.45. The normalized spacial score (nSPS) is 10.8. The van der Waals surface area contributed by atoms with Gasteiger partial charge < -0.3 is 14.7 Å². The van der Waals surface area contributed by atoms with E-state index in [2.05, 4.69) is 35.7 Å². The Labute approximate surface area is 84.7 Å². The maximum Gasteiger partial charge on any atom is 0.466 e. The Morgan fingerprint density at radius 3 is 2.21 bits per heavy atom. The summed E-state index contributed by atoms with van der Waals surface area (Å²) in [6.07, 6.45) is 0. The number of rotatable bonds is 0. The van der Waals surface area contributed by atoms with Gasteiger partial charge in [0.15, 0.2) is 0 Å². The predicted octanol–water partition coefficient (Wildman–Crippen LogP) is 1.97. The molecule has 4 nitrogen and oxygen atoms in total. The molecule has 0 amide bonds. The van der Waals surface area contributed by atoms with Crippen LogP contribution >= 0.6 is 19.2 Å². The van der Waals surface area contributed by atoms with Gasteiger partial charge in [-0.2, -0.15) is 0 Å². The van der Waals surface area contributed by atoms with Crippen molar-refractivity contribution in [2.24, 2.45) is 0 Å². The van der Waals surface area contributed by atoms with Crippen molar-refractivity contribution in [1.82, 2.24) is 0 Å². The Hall–Kier alpha value is -0.710. The van der Waals surface area contributed by atoms with E-state index < -0.39 is 7.82 Å². The van der Waals surface area contributed by atoms with Crippen LogP contribution in [0.5, 0.6) is 0 Å². The highest BCUT2D eigenvalue weighted by Gasteiger charge is 2.00. The Kier molecular flexibility index (Phi) is 3.80.